The van der Waals surface area contributed by atoms with Crippen LogP contribution in [0.4, 0.5) is 0 Å². The third-order valence-corrected chi connectivity index (χ3v) is 5.75. The van der Waals surface area contributed by atoms with E-state index in [9.17, 15) is 0 Å². The molecule has 3 aliphatic heterocycles. The van der Waals surface area contributed by atoms with Crippen LogP contribution in [0.2, 0.25) is 0 Å². The molecule has 120 valence electrons. The molecule has 3 aromatic rings. The van der Waals surface area contributed by atoms with Crippen molar-refractivity contribution in [1.82, 2.24) is 9.88 Å². The van der Waals surface area contributed by atoms with Crippen molar-refractivity contribution >= 4 is 10.9 Å². The summed E-state index contributed by atoms with van der Waals surface area (Å²) in [5.41, 5.74) is 6.96. The number of benzene rings is 2. The molecule has 0 radical (unpaired) electrons. The van der Waals surface area contributed by atoms with E-state index in [2.05, 4.69) is 46.3 Å². The second-order valence-electron chi connectivity index (χ2n) is 6.98. The molecule has 0 aliphatic carbocycles. The van der Waals surface area contributed by atoms with Gasteiger partial charge in [-0.05, 0) is 47.7 Å². The SMILES string of the molecule is c1ccc2c3c([nH]c2c1)[C@@H]1Cc2cc4c(cc2CN1CC3)OCO4. The predicted octanol–water partition coefficient (Wildman–Crippen LogP) is 3.55. The lowest BCUT2D eigenvalue weighted by Gasteiger charge is -2.40. The fraction of sp³-hybridized carbons (Fsp3) is 0.300. The normalized spacial score (nSPS) is 21.4. The molecule has 0 bridgehead atoms. The number of aromatic nitrogens is 1. The van der Waals surface area contributed by atoms with Crippen LogP contribution in [0, 0.1) is 0 Å². The van der Waals surface area contributed by atoms with Crippen LogP contribution >= 0.6 is 0 Å². The largest absolute Gasteiger partial charge is 0.454 e. The van der Waals surface area contributed by atoms with Gasteiger partial charge in [0, 0.05) is 29.7 Å². The Morgan fingerprint density at radius 2 is 1.88 bits per heavy atom. The molecule has 4 heteroatoms. The number of H-pyrrole nitrogens is 1. The fourth-order valence-corrected chi connectivity index (χ4v) is 4.58. The molecule has 4 heterocycles. The molecule has 0 fully saturated rings. The Labute approximate surface area is 140 Å². The maximum Gasteiger partial charge on any atom is 0.231 e. The maximum absolute atomic E-state index is 5.57. The van der Waals surface area contributed by atoms with Gasteiger partial charge in [-0.1, -0.05) is 18.2 Å². The number of ether oxygens (including phenoxy) is 2. The monoisotopic (exact) mass is 318 g/mol. The van der Waals surface area contributed by atoms with E-state index in [1.807, 2.05) is 0 Å². The molecule has 3 aliphatic rings. The van der Waals surface area contributed by atoms with Gasteiger partial charge < -0.3 is 14.5 Å². The van der Waals surface area contributed by atoms with Crippen LogP contribution in [-0.2, 0) is 19.4 Å². The summed E-state index contributed by atoms with van der Waals surface area (Å²) in [5.74, 6) is 1.80. The number of nitrogens with one attached hydrogen (secondary N) is 1. The van der Waals surface area contributed by atoms with Crippen molar-refractivity contribution in [3.8, 4) is 11.5 Å². The Balaban J connectivity index is 1.48. The first-order valence-electron chi connectivity index (χ1n) is 8.62. The number of hydrogen-bond donors (Lipinski definition) is 1. The topological polar surface area (TPSA) is 37.5 Å². The fourth-order valence-electron chi connectivity index (χ4n) is 4.58. The van der Waals surface area contributed by atoms with Crippen molar-refractivity contribution in [2.75, 3.05) is 13.3 Å². The number of fused-ring (bicyclic) bond motifs is 7. The number of nitrogens with zero attached hydrogens (tertiary/aromatic N) is 1. The lowest BCUT2D eigenvalue weighted by Crippen LogP contribution is -2.39. The van der Waals surface area contributed by atoms with Crippen LogP contribution in [0.15, 0.2) is 36.4 Å². The predicted molar refractivity (Wildman–Crippen MR) is 91.4 cm³/mol. The van der Waals surface area contributed by atoms with E-state index in [1.165, 1.54) is 33.3 Å². The lowest BCUT2D eigenvalue weighted by atomic mass is 9.87. The third kappa shape index (κ3) is 1.66. The summed E-state index contributed by atoms with van der Waals surface area (Å²) in [6.45, 7) is 2.45. The minimum absolute atomic E-state index is 0.345. The number of aromatic amines is 1. The lowest BCUT2D eigenvalue weighted by molar-refractivity contribution is 0.158. The Bertz CT molecular complexity index is 975. The van der Waals surface area contributed by atoms with E-state index >= 15 is 0 Å². The molecule has 1 atom stereocenters. The van der Waals surface area contributed by atoms with Gasteiger partial charge in [0.25, 0.3) is 0 Å². The van der Waals surface area contributed by atoms with Gasteiger partial charge in [0.2, 0.25) is 6.79 Å². The van der Waals surface area contributed by atoms with Gasteiger partial charge in [-0.2, -0.15) is 0 Å². The van der Waals surface area contributed by atoms with Gasteiger partial charge in [0.1, 0.15) is 0 Å². The summed E-state index contributed by atoms with van der Waals surface area (Å²) in [5, 5.41) is 1.39. The minimum atomic E-state index is 0.345. The molecule has 0 unspecified atom stereocenters. The zero-order chi connectivity index (χ0) is 15.7. The van der Waals surface area contributed by atoms with Gasteiger partial charge in [-0.15, -0.1) is 0 Å². The number of para-hydroxylation sites is 1. The summed E-state index contributed by atoms with van der Waals surface area (Å²) in [4.78, 5) is 6.30. The average Bonchev–Trinajstić information content (AvgIpc) is 3.21. The maximum atomic E-state index is 5.57. The van der Waals surface area contributed by atoms with Crippen LogP contribution in [0.25, 0.3) is 10.9 Å². The van der Waals surface area contributed by atoms with Crippen molar-refractivity contribution in [1.29, 1.82) is 0 Å². The highest BCUT2D eigenvalue weighted by Gasteiger charge is 2.35. The first-order chi connectivity index (χ1) is 11.9. The van der Waals surface area contributed by atoms with Crippen LogP contribution in [-0.4, -0.2) is 23.2 Å². The molecule has 2 aromatic carbocycles. The summed E-state index contributed by atoms with van der Waals surface area (Å²) >= 11 is 0. The second-order valence-corrected chi connectivity index (χ2v) is 6.98. The molecule has 0 amide bonds. The standard InChI is InChI=1S/C20H18N2O2/c1-2-4-16-14(3-1)15-5-6-22-10-13-9-19-18(23-11-24-19)8-12(13)7-17(22)20(15)21-16/h1-4,8-9,17,21H,5-7,10-11H2/t17-/m0/s1. The highest BCUT2D eigenvalue weighted by Crippen LogP contribution is 2.43. The zero-order valence-corrected chi connectivity index (χ0v) is 13.3. The molecule has 1 aromatic heterocycles. The summed E-state index contributed by atoms with van der Waals surface area (Å²) in [6.07, 6.45) is 2.15. The smallest absolute Gasteiger partial charge is 0.231 e. The Kier molecular flexibility index (Phi) is 2.44. The number of rotatable bonds is 0. The highest BCUT2D eigenvalue weighted by molar-refractivity contribution is 5.85. The van der Waals surface area contributed by atoms with E-state index in [0.29, 0.717) is 12.8 Å². The zero-order valence-electron chi connectivity index (χ0n) is 13.3. The molecule has 0 spiro atoms. The Hall–Kier alpha value is -2.46. The van der Waals surface area contributed by atoms with E-state index in [-0.39, 0.29) is 0 Å². The molecular formula is C20H18N2O2. The second kappa shape index (κ2) is 4.54. The van der Waals surface area contributed by atoms with E-state index in [1.54, 1.807) is 0 Å². The van der Waals surface area contributed by atoms with E-state index in [0.717, 1.165) is 37.4 Å². The van der Waals surface area contributed by atoms with E-state index in [4.69, 9.17) is 9.47 Å². The molecular weight excluding hydrogens is 300 g/mol. The Morgan fingerprint density at radius 3 is 2.79 bits per heavy atom. The molecule has 1 N–H and O–H groups in total. The van der Waals surface area contributed by atoms with Gasteiger partial charge in [-0.25, -0.2) is 0 Å². The van der Waals surface area contributed by atoms with E-state index < -0.39 is 0 Å². The molecule has 4 nitrogen and oxygen atoms in total. The first-order valence-corrected chi connectivity index (χ1v) is 8.62. The molecule has 24 heavy (non-hydrogen) atoms. The number of hydrogen-bond acceptors (Lipinski definition) is 3. The molecule has 0 saturated carbocycles. The van der Waals surface area contributed by atoms with Crippen LogP contribution in [0.1, 0.15) is 28.4 Å². The van der Waals surface area contributed by atoms with Crippen LogP contribution in [0.5, 0.6) is 11.5 Å². The summed E-state index contributed by atoms with van der Waals surface area (Å²) in [6, 6.07) is 13.5. The van der Waals surface area contributed by atoms with Crippen LogP contribution in [0.3, 0.4) is 0 Å². The van der Waals surface area contributed by atoms with Crippen molar-refractivity contribution in [2.24, 2.45) is 0 Å². The molecule has 6 rings (SSSR count). The highest BCUT2D eigenvalue weighted by atomic mass is 16.7. The van der Waals surface area contributed by atoms with Gasteiger partial charge in [0.15, 0.2) is 11.5 Å². The van der Waals surface area contributed by atoms with Crippen molar-refractivity contribution < 1.29 is 9.47 Å². The third-order valence-electron chi connectivity index (χ3n) is 5.75. The van der Waals surface area contributed by atoms with Crippen LogP contribution < -0.4 is 9.47 Å². The Morgan fingerprint density at radius 1 is 1.04 bits per heavy atom. The average molecular weight is 318 g/mol. The summed E-state index contributed by atoms with van der Waals surface area (Å²) in [7, 11) is 0. The quantitative estimate of drug-likeness (QED) is 0.689. The molecule has 0 saturated heterocycles. The van der Waals surface area contributed by atoms with Gasteiger partial charge in [-0.3, -0.25) is 4.90 Å². The van der Waals surface area contributed by atoms with Crippen molar-refractivity contribution in [2.45, 2.75) is 25.4 Å². The van der Waals surface area contributed by atoms with Crippen molar-refractivity contribution in [3.63, 3.8) is 0 Å². The first kappa shape index (κ1) is 12.9. The van der Waals surface area contributed by atoms with Gasteiger partial charge >= 0.3 is 0 Å². The van der Waals surface area contributed by atoms with Crippen molar-refractivity contribution in [3.05, 3.63) is 58.8 Å². The summed E-state index contributed by atoms with van der Waals surface area (Å²) < 4.78 is 11.1. The van der Waals surface area contributed by atoms with Gasteiger partial charge in [0.05, 0.1) is 6.04 Å². The minimum Gasteiger partial charge on any atom is -0.454 e.